The molecule has 1 atom stereocenters. The van der Waals surface area contributed by atoms with E-state index in [0.29, 0.717) is 31.9 Å². The van der Waals surface area contributed by atoms with Crippen molar-refractivity contribution in [2.24, 2.45) is 16.6 Å². The van der Waals surface area contributed by atoms with Crippen molar-refractivity contribution in [1.82, 2.24) is 4.90 Å². The van der Waals surface area contributed by atoms with Gasteiger partial charge in [-0.05, 0) is 37.1 Å². The first kappa shape index (κ1) is 16.9. The molecule has 2 aliphatic rings. The van der Waals surface area contributed by atoms with Crippen LogP contribution >= 0.6 is 0 Å². The molecule has 24 heavy (non-hydrogen) atoms. The summed E-state index contributed by atoms with van der Waals surface area (Å²) < 4.78 is 40.2. The highest BCUT2D eigenvalue weighted by molar-refractivity contribution is 5.78. The summed E-state index contributed by atoms with van der Waals surface area (Å²) in [4.78, 5) is 8.28. The number of benzene rings is 1. The van der Waals surface area contributed by atoms with Gasteiger partial charge in [0.05, 0.1) is 6.54 Å². The van der Waals surface area contributed by atoms with Crippen LogP contribution in [0.3, 0.4) is 0 Å². The van der Waals surface area contributed by atoms with Crippen molar-refractivity contribution in [2.45, 2.75) is 25.2 Å². The lowest BCUT2D eigenvalue weighted by molar-refractivity contribution is -0.0330. The number of nitrogens with zero attached hydrogens (tertiary/aromatic N) is 3. The Hall–Kier alpha value is -1.92. The van der Waals surface area contributed by atoms with E-state index in [-0.39, 0.29) is 18.8 Å². The second-order valence-electron chi connectivity index (χ2n) is 6.50. The van der Waals surface area contributed by atoms with Crippen LogP contribution in [0.5, 0.6) is 0 Å². The fourth-order valence-electron chi connectivity index (χ4n) is 3.37. The summed E-state index contributed by atoms with van der Waals surface area (Å²) in [5.74, 6) is -3.20. The first-order valence-corrected chi connectivity index (χ1v) is 8.39. The second-order valence-corrected chi connectivity index (χ2v) is 6.50. The van der Waals surface area contributed by atoms with Gasteiger partial charge >= 0.3 is 0 Å². The first-order chi connectivity index (χ1) is 11.5. The molecule has 3 rings (SSSR count). The van der Waals surface area contributed by atoms with Crippen LogP contribution in [0.2, 0.25) is 0 Å². The summed E-state index contributed by atoms with van der Waals surface area (Å²) in [6, 6.07) is 6.40. The number of aliphatic imine (C=N–C) groups is 1. The number of anilines is 1. The van der Waals surface area contributed by atoms with Gasteiger partial charge in [0.15, 0.2) is 5.96 Å². The van der Waals surface area contributed by atoms with Crippen molar-refractivity contribution in [1.29, 1.82) is 0 Å². The maximum absolute atomic E-state index is 13.6. The lowest BCUT2D eigenvalue weighted by Crippen LogP contribution is -2.51. The predicted octanol–water partition coefficient (Wildman–Crippen LogP) is 2.70. The Bertz CT molecular complexity index is 580. The summed E-state index contributed by atoms with van der Waals surface area (Å²) in [5.41, 5.74) is 6.95. The largest absolute Gasteiger partial charge is 0.370 e. The lowest BCUT2D eigenvalue weighted by Gasteiger charge is -2.36. The third kappa shape index (κ3) is 3.76. The Kier molecular flexibility index (Phi) is 4.87. The van der Waals surface area contributed by atoms with Gasteiger partial charge in [-0.2, -0.15) is 0 Å². The van der Waals surface area contributed by atoms with Gasteiger partial charge in [0.1, 0.15) is 5.82 Å². The Morgan fingerprint density at radius 3 is 2.42 bits per heavy atom. The van der Waals surface area contributed by atoms with E-state index in [4.69, 9.17) is 5.73 Å². The monoisotopic (exact) mass is 340 g/mol. The van der Waals surface area contributed by atoms with Crippen LogP contribution < -0.4 is 10.6 Å². The van der Waals surface area contributed by atoms with E-state index in [1.165, 1.54) is 12.1 Å². The summed E-state index contributed by atoms with van der Waals surface area (Å²) in [5, 5.41) is 0. The number of nitrogens with two attached hydrogens (primary N) is 1. The molecule has 0 bridgehead atoms. The van der Waals surface area contributed by atoms with E-state index in [1.807, 2.05) is 4.90 Å². The Balaban J connectivity index is 1.52. The number of guanidine groups is 1. The normalized spacial score (nSPS) is 24.5. The highest BCUT2D eigenvalue weighted by Gasteiger charge is 2.43. The molecule has 4 nitrogen and oxygen atoms in total. The molecule has 1 aliphatic heterocycles. The quantitative estimate of drug-likeness (QED) is 0.680. The topological polar surface area (TPSA) is 44.9 Å². The number of alkyl halides is 2. The van der Waals surface area contributed by atoms with Gasteiger partial charge in [-0.25, -0.2) is 13.2 Å². The summed E-state index contributed by atoms with van der Waals surface area (Å²) >= 11 is 0. The Labute approximate surface area is 140 Å². The van der Waals surface area contributed by atoms with Gasteiger partial charge in [-0.1, -0.05) is 0 Å². The fraction of sp³-hybridized carbons (Fsp3) is 0.588. The first-order valence-electron chi connectivity index (χ1n) is 8.39. The molecule has 1 saturated carbocycles. The Morgan fingerprint density at radius 1 is 1.17 bits per heavy atom. The Morgan fingerprint density at radius 2 is 1.83 bits per heavy atom. The minimum atomic E-state index is -2.61. The maximum atomic E-state index is 13.6. The lowest BCUT2D eigenvalue weighted by atomic mass is 10.1. The smallest absolute Gasteiger partial charge is 0.252 e. The molecule has 1 aromatic rings. The fourth-order valence-corrected chi connectivity index (χ4v) is 3.37. The number of hydrogen-bond donors (Lipinski definition) is 1. The summed E-state index contributed by atoms with van der Waals surface area (Å²) in [7, 11) is 0. The van der Waals surface area contributed by atoms with E-state index < -0.39 is 11.8 Å². The van der Waals surface area contributed by atoms with Gasteiger partial charge in [0.2, 0.25) is 0 Å². The van der Waals surface area contributed by atoms with Crippen molar-refractivity contribution in [3.63, 3.8) is 0 Å². The molecule has 0 aromatic heterocycles. The van der Waals surface area contributed by atoms with Gasteiger partial charge in [-0.3, -0.25) is 4.99 Å². The third-order valence-electron chi connectivity index (χ3n) is 4.93. The van der Waals surface area contributed by atoms with Crippen molar-refractivity contribution < 1.29 is 13.2 Å². The SMILES string of the molecule is NC(=NCC1CCCC1(F)F)N1CCN(c2ccc(F)cc2)CC1. The molecule has 1 saturated heterocycles. The van der Waals surface area contributed by atoms with Gasteiger partial charge in [0, 0.05) is 44.2 Å². The van der Waals surface area contributed by atoms with Gasteiger partial charge in [-0.15, -0.1) is 0 Å². The van der Waals surface area contributed by atoms with Crippen LogP contribution in [-0.4, -0.2) is 49.5 Å². The number of piperazine rings is 1. The van der Waals surface area contributed by atoms with Crippen molar-refractivity contribution in [3.05, 3.63) is 30.1 Å². The molecular formula is C17H23F3N4. The van der Waals surface area contributed by atoms with Gasteiger partial charge < -0.3 is 15.5 Å². The molecule has 2 fully saturated rings. The van der Waals surface area contributed by atoms with E-state index >= 15 is 0 Å². The number of rotatable bonds is 3. The van der Waals surface area contributed by atoms with Crippen molar-refractivity contribution in [2.75, 3.05) is 37.6 Å². The molecule has 0 spiro atoms. The second kappa shape index (κ2) is 6.91. The molecule has 0 radical (unpaired) electrons. The van der Waals surface area contributed by atoms with Crippen LogP contribution in [0.15, 0.2) is 29.3 Å². The molecule has 1 heterocycles. The number of hydrogen-bond acceptors (Lipinski definition) is 2. The molecule has 132 valence electrons. The zero-order valence-corrected chi connectivity index (χ0v) is 13.6. The maximum Gasteiger partial charge on any atom is 0.252 e. The van der Waals surface area contributed by atoms with Crippen molar-refractivity contribution in [3.8, 4) is 0 Å². The van der Waals surface area contributed by atoms with E-state index in [1.54, 1.807) is 12.1 Å². The van der Waals surface area contributed by atoms with Crippen molar-refractivity contribution >= 4 is 11.6 Å². The molecule has 0 amide bonds. The molecule has 1 unspecified atom stereocenters. The molecule has 2 N–H and O–H groups in total. The highest BCUT2D eigenvalue weighted by Crippen LogP contribution is 2.40. The third-order valence-corrected chi connectivity index (χ3v) is 4.93. The van der Waals surface area contributed by atoms with Crippen LogP contribution in [0, 0.1) is 11.7 Å². The van der Waals surface area contributed by atoms with E-state index in [0.717, 1.165) is 18.8 Å². The van der Waals surface area contributed by atoms with Crippen LogP contribution in [0.25, 0.3) is 0 Å². The van der Waals surface area contributed by atoms with E-state index in [9.17, 15) is 13.2 Å². The highest BCUT2D eigenvalue weighted by atomic mass is 19.3. The zero-order valence-electron chi connectivity index (χ0n) is 13.6. The molecule has 1 aromatic carbocycles. The average molecular weight is 340 g/mol. The van der Waals surface area contributed by atoms with Crippen LogP contribution in [0.4, 0.5) is 18.9 Å². The van der Waals surface area contributed by atoms with Crippen LogP contribution in [-0.2, 0) is 0 Å². The zero-order chi connectivity index (χ0) is 17.2. The van der Waals surface area contributed by atoms with Crippen LogP contribution in [0.1, 0.15) is 19.3 Å². The average Bonchev–Trinajstić information content (AvgIpc) is 2.92. The minimum absolute atomic E-state index is 0.0383. The standard InChI is InChI=1S/C17H23F3N4/c18-14-3-5-15(6-4-14)23-8-10-24(11-9-23)16(21)22-12-13-2-1-7-17(13,19)20/h3-6,13H,1-2,7-12H2,(H2,21,22). The van der Waals surface area contributed by atoms with Gasteiger partial charge in [0.25, 0.3) is 5.92 Å². The molecular weight excluding hydrogens is 317 g/mol. The number of halogens is 3. The van der Waals surface area contributed by atoms with E-state index in [2.05, 4.69) is 9.89 Å². The summed E-state index contributed by atoms with van der Waals surface area (Å²) in [6.07, 6.45) is 1.04. The molecule has 1 aliphatic carbocycles. The predicted molar refractivity (Wildman–Crippen MR) is 89.0 cm³/mol. The minimum Gasteiger partial charge on any atom is -0.370 e. The summed E-state index contributed by atoms with van der Waals surface area (Å²) in [6.45, 7) is 2.92. The molecule has 7 heteroatoms.